The van der Waals surface area contributed by atoms with Gasteiger partial charge in [0.15, 0.2) is 23.9 Å². The van der Waals surface area contributed by atoms with Gasteiger partial charge in [0.25, 0.3) is 5.91 Å². The van der Waals surface area contributed by atoms with E-state index in [2.05, 4.69) is 5.32 Å². The van der Waals surface area contributed by atoms with Crippen molar-refractivity contribution in [1.82, 2.24) is 5.32 Å². The number of nitrogens with one attached hydrogen (secondary N) is 1. The number of carbonyl (C=O) groups excluding carboxylic acids is 2. The molecule has 0 unspecified atom stereocenters. The van der Waals surface area contributed by atoms with Crippen LogP contribution in [0, 0.1) is 0 Å². The lowest BCUT2D eigenvalue weighted by Gasteiger charge is -2.11. The van der Waals surface area contributed by atoms with E-state index in [4.69, 9.17) is 13.9 Å². The molecule has 1 heterocycles. The number of methoxy groups -OCH3 is 1. The number of amides is 1. The smallest absolute Gasteiger partial charge is 0.257 e. The molecular formula is C24H25NO5. The second-order valence-electron chi connectivity index (χ2n) is 6.61. The summed E-state index contributed by atoms with van der Waals surface area (Å²) < 4.78 is 16.7. The fraction of sp³-hybridized carbons (Fsp3) is 0.250. The lowest BCUT2D eigenvalue weighted by atomic mass is 10.1. The third kappa shape index (κ3) is 4.71. The minimum Gasteiger partial charge on any atom is -0.493 e. The van der Waals surface area contributed by atoms with Gasteiger partial charge in [-0.25, -0.2) is 0 Å². The Morgan fingerprint density at radius 1 is 1.10 bits per heavy atom. The summed E-state index contributed by atoms with van der Waals surface area (Å²) in [5, 5.41) is 3.63. The van der Waals surface area contributed by atoms with Crippen LogP contribution in [0.5, 0.6) is 11.5 Å². The number of hydrogen-bond donors (Lipinski definition) is 1. The third-order valence-corrected chi connectivity index (χ3v) is 4.62. The number of hydrogen-bond acceptors (Lipinski definition) is 5. The van der Waals surface area contributed by atoms with Crippen molar-refractivity contribution in [3.63, 3.8) is 0 Å². The van der Waals surface area contributed by atoms with Gasteiger partial charge in [-0.3, -0.25) is 9.59 Å². The predicted octanol–water partition coefficient (Wildman–Crippen LogP) is 4.41. The lowest BCUT2D eigenvalue weighted by molar-refractivity contribution is -0.123. The minimum atomic E-state index is -0.202. The summed E-state index contributed by atoms with van der Waals surface area (Å²) in [7, 11) is 1.52. The highest BCUT2D eigenvalue weighted by Crippen LogP contribution is 2.29. The Morgan fingerprint density at radius 3 is 2.63 bits per heavy atom. The van der Waals surface area contributed by atoms with E-state index in [1.165, 1.54) is 13.2 Å². The van der Waals surface area contributed by atoms with Crippen molar-refractivity contribution in [1.29, 1.82) is 0 Å². The van der Waals surface area contributed by atoms with Crippen LogP contribution in [0.25, 0.3) is 17.0 Å². The first-order valence-corrected chi connectivity index (χ1v) is 9.87. The van der Waals surface area contributed by atoms with Gasteiger partial charge in [0.2, 0.25) is 5.78 Å². The highest BCUT2D eigenvalue weighted by molar-refractivity contribution is 6.08. The number of benzene rings is 2. The molecule has 0 aliphatic carbocycles. The molecule has 1 amide bonds. The zero-order valence-corrected chi connectivity index (χ0v) is 17.4. The summed E-state index contributed by atoms with van der Waals surface area (Å²) in [4.78, 5) is 24.3. The number of allylic oxidation sites excluding steroid dienone is 1. The maximum Gasteiger partial charge on any atom is 0.257 e. The van der Waals surface area contributed by atoms with Gasteiger partial charge < -0.3 is 19.2 Å². The van der Waals surface area contributed by atoms with Crippen molar-refractivity contribution < 1.29 is 23.5 Å². The Labute approximate surface area is 175 Å². The van der Waals surface area contributed by atoms with Crippen LogP contribution >= 0.6 is 0 Å². The third-order valence-electron chi connectivity index (χ3n) is 4.62. The quantitative estimate of drug-likeness (QED) is 0.420. The molecule has 156 valence electrons. The zero-order chi connectivity index (χ0) is 21.5. The molecule has 3 aromatic rings. The number of rotatable bonds is 9. The largest absolute Gasteiger partial charge is 0.493 e. The Morgan fingerprint density at radius 2 is 1.90 bits per heavy atom. The SMILES string of the molecule is CCNC(=O)COc1ccc(/C=C/C(=O)c2oc3ccccc3c2CC)cc1OC. The fourth-order valence-corrected chi connectivity index (χ4v) is 3.20. The molecule has 2 aromatic carbocycles. The van der Waals surface area contributed by atoms with Crippen LogP contribution < -0.4 is 14.8 Å². The Hall–Kier alpha value is -3.54. The maximum absolute atomic E-state index is 12.7. The van der Waals surface area contributed by atoms with Gasteiger partial charge in [-0.1, -0.05) is 37.3 Å². The van der Waals surface area contributed by atoms with Gasteiger partial charge in [0.1, 0.15) is 5.58 Å². The molecular weight excluding hydrogens is 382 g/mol. The Kier molecular flexibility index (Phi) is 6.91. The fourth-order valence-electron chi connectivity index (χ4n) is 3.20. The molecule has 0 saturated heterocycles. The monoisotopic (exact) mass is 407 g/mol. The first-order valence-electron chi connectivity index (χ1n) is 9.87. The molecule has 30 heavy (non-hydrogen) atoms. The normalized spacial score (nSPS) is 11.0. The van der Waals surface area contributed by atoms with Crippen LogP contribution in [-0.2, 0) is 11.2 Å². The summed E-state index contributed by atoms with van der Waals surface area (Å²) in [5.41, 5.74) is 2.38. The lowest BCUT2D eigenvalue weighted by Crippen LogP contribution is -2.28. The molecule has 0 fully saturated rings. The van der Waals surface area contributed by atoms with E-state index in [-0.39, 0.29) is 18.3 Å². The summed E-state index contributed by atoms with van der Waals surface area (Å²) in [5.74, 6) is 0.902. The van der Waals surface area contributed by atoms with E-state index in [1.54, 1.807) is 24.3 Å². The predicted molar refractivity (Wildman–Crippen MR) is 116 cm³/mol. The minimum absolute atomic E-state index is 0.0935. The van der Waals surface area contributed by atoms with Crippen molar-refractivity contribution in [2.75, 3.05) is 20.3 Å². The number of aryl methyl sites for hydroxylation is 1. The van der Waals surface area contributed by atoms with Gasteiger partial charge >= 0.3 is 0 Å². The van der Waals surface area contributed by atoms with Gasteiger partial charge in [-0.2, -0.15) is 0 Å². The Bertz CT molecular complexity index is 1080. The molecule has 6 heteroatoms. The molecule has 0 radical (unpaired) electrons. The average Bonchev–Trinajstić information content (AvgIpc) is 3.15. The number of para-hydroxylation sites is 1. The van der Waals surface area contributed by atoms with Crippen LogP contribution in [-0.4, -0.2) is 32.0 Å². The first kappa shape index (κ1) is 21.2. The van der Waals surface area contributed by atoms with E-state index < -0.39 is 0 Å². The highest BCUT2D eigenvalue weighted by atomic mass is 16.5. The van der Waals surface area contributed by atoms with Crippen molar-refractivity contribution >= 4 is 28.7 Å². The van der Waals surface area contributed by atoms with Gasteiger partial charge in [0, 0.05) is 17.5 Å². The standard InChI is InChI=1S/C24H25NO5/c1-4-17-18-8-6-7-9-20(18)30-24(17)19(26)12-10-16-11-13-21(22(14-16)28-3)29-15-23(27)25-5-2/h6-14H,4-5,15H2,1-3H3,(H,25,27)/b12-10+. The number of ketones is 1. The zero-order valence-electron chi connectivity index (χ0n) is 17.4. The van der Waals surface area contributed by atoms with Gasteiger partial charge in [-0.05, 0) is 43.2 Å². The van der Waals surface area contributed by atoms with Crippen LogP contribution in [0.1, 0.15) is 35.5 Å². The van der Waals surface area contributed by atoms with Crippen LogP contribution in [0.15, 0.2) is 53.0 Å². The van der Waals surface area contributed by atoms with E-state index in [0.717, 1.165) is 16.5 Å². The molecule has 0 spiro atoms. The van der Waals surface area contributed by atoms with Crippen LogP contribution in [0.2, 0.25) is 0 Å². The Balaban J connectivity index is 1.77. The molecule has 1 aromatic heterocycles. The first-order chi connectivity index (χ1) is 14.6. The van der Waals surface area contributed by atoms with Crippen molar-refractivity contribution in [3.8, 4) is 11.5 Å². The summed E-state index contributed by atoms with van der Waals surface area (Å²) in [6.45, 7) is 4.30. The summed E-state index contributed by atoms with van der Waals surface area (Å²) in [6, 6.07) is 12.9. The summed E-state index contributed by atoms with van der Waals surface area (Å²) >= 11 is 0. The second-order valence-corrected chi connectivity index (χ2v) is 6.61. The van der Waals surface area contributed by atoms with E-state index in [1.807, 2.05) is 38.1 Å². The molecule has 0 aliphatic heterocycles. The molecule has 6 nitrogen and oxygen atoms in total. The van der Waals surface area contributed by atoms with Crippen molar-refractivity contribution in [3.05, 3.63) is 65.4 Å². The average molecular weight is 407 g/mol. The van der Waals surface area contributed by atoms with Crippen LogP contribution in [0.4, 0.5) is 0 Å². The van der Waals surface area contributed by atoms with Crippen molar-refractivity contribution in [2.24, 2.45) is 0 Å². The molecule has 3 rings (SSSR count). The number of fused-ring (bicyclic) bond motifs is 1. The van der Waals surface area contributed by atoms with Gasteiger partial charge in [-0.15, -0.1) is 0 Å². The molecule has 0 bridgehead atoms. The maximum atomic E-state index is 12.7. The number of furan rings is 1. The molecule has 0 saturated carbocycles. The second kappa shape index (κ2) is 9.78. The number of likely N-dealkylation sites (N-methyl/N-ethyl adjacent to an activating group) is 1. The van der Waals surface area contributed by atoms with Crippen molar-refractivity contribution in [2.45, 2.75) is 20.3 Å². The molecule has 1 N–H and O–H groups in total. The summed E-state index contributed by atoms with van der Waals surface area (Å²) in [6.07, 6.45) is 3.89. The molecule has 0 aliphatic rings. The van der Waals surface area contributed by atoms with E-state index in [9.17, 15) is 9.59 Å². The number of ether oxygens (including phenoxy) is 2. The van der Waals surface area contributed by atoms with E-state index >= 15 is 0 Å². The topological polar surface area (TPSA) is 77.8 Å². The highest BCUT2D eigenvalue weighted by Gasteiger charge is 2.17. The molecule has 0 atom stereocenters. The number of carbonyl (C=O) groups is 2. The van der Waals surface area contributed by atoms with Crippen LogP contribution in [0.3, 0.4) is 0 Å². The van der Waals surface area contributed by atoms with E-state index in [0.29, 0.717) is 35.8 Å². The van der Waals surface area contributed by atoms with Gasteiger partial charge in [0.05, 0.1) is 7.11 Å².